The minimum Gasteiger partial charge on any atom is -0.492 e. The Bertz CT molecular complexity index is 1290. The first-order valence-electron chi connectivity index (χ1n) is 12.7. The predicted molar refractivity (Wildman–Crippen MR) is 141 cm³/mol. The second-order valence-corrected chi connectivity index (χ2v) is 10.9. The lowest BCUT2D eigenvalue weighted by atomic mass is 10.0. The molecule has 1 N–H and O–H groups in total. The number of likely N-dealkylation sites (tertiary alicyclic amines) is 1. The van der Waals surface area contributed by atoms with Gasteiger partial charge in [-0.1, -0.05) is 43.4 Å². The highest BCUT2D eigenvalue weighted by Crippen LogP contribution is 2.40. The summed E-state index contributed by atoms with van der Waals surface area (Å²) in [7, 11) is 0. The minimum atomic E-state index is 0.176. The highest BCUT2D eigenvalue weighted by molar-refractivity contribution is 7.17. The van der Waals surface area contributed by atoms with Crippen LogP contribution in [0.2, 0.25) is 0 Å². The Labute approximate surface area is 216 Å². The first-order chi connectivity index (χ1) is 17.5. The molecule has 7 nitrogen and oxygen atoms in total. The number of carbonyl (C=O) groups is 1. The SMILES string of the molecule is CC(C)COc1ccc(-c2nnc(-c3cccc4c3CC[C@@H]4NCC(=O)N3CCCC3)s2)cc1C#N. The third-order valence-corrected chi connectivity index (χ3v) is 7.81. The van der Waals surface area contributed by atoms with Crippen LogP contribution in [0.4, 0.5) is 0 Å². The zero-order valence-electron chi connectivity index (χ0n) is 20.8. The van der Waals surface area contributed by atoms with E-state index >= 15 is 0 Å². The average molecular weight is 502 g/mol. The van der Waals surface area contributed by atoms with Gasteiger partial charge in [-0.3, -0.25) is 4.79 Å². The molecule has 0 unspecified atom stereocenters. The Morgan fingerprint density at radius 2 is 2.03 bits per heavy atom. The van der Waals surface area contributed by atoms with Crippen molar-refractivity contribution >= 4 is 17.2 Å². The van der Waals surface area contributed by atoms with Crippen LogP contribution in [-0.2, 0) is 11.2 Å². The molecule has 2 aromatic carbocycles. The van der Waals surface area contributed by atoms with E-state index in [0.717, 1.165) is 59.9 Å². The zero-order valence-corrected chi connectivity index (χ0v) is 21.6. The number of carbonyl (C=O) groups excluding carboxylic acids is 1. The average Bonchev–Trinajstić information content (AvgIpc) is 3.66. The number of aromatic nitrogens is 2. The van der Waals surface area contributed by atoms with Crippen molar-refractivity contribution in [3.05, 3.63) is 53.1 Å². The van der Waals surface area contributed by atoms with Gasteiger partial charge >= 0.3 is 0 Å². The van der Waals surface area contributed by atoms with Gasteiger partial charge in [0.1, 0.15) is 21.8 Å². The molecule has 1 aromatic heterocycles. The lowest BCUT2D eigenvalue weighted by Gasteiger charge is -2.19. The molecule has 1 atom stereocenters. The Hall–Kier alpha value is -3.28. The van der Waals surface area contributed by atoms with Gasteiger partial charge < -0.3 is 15.0 Å². The summed E-state index contributed by atoms with van der Waals surface area (Å²) in [4.78, 5) is 14.5. The van der Waals surface area contributed by atoms with Crippen molar-refractivity contribution in [1.29, 1.82) is 5.26 Å². The predicted octanol–water partition coefficient (Wildman–Crippen LogP) is 4.98. The number of hydrogen-bond donors (Lipinski definition) is 1. The van der Waals surface area contributed by atoms with Gasteiger partial charge in [0.2, 0.25) is 5.91 Å². The van der Waals surface area contributed by atoms with Crippen molar-refractivity contribution < 1.29 is 9.53 Å². The van der Waals surface area contributed by atoms with Gasteiger partial charge in [0.25, 0.3) is 0 Å². The number of fused-ring (bicyclic) bond motifs is 1. The number of hydrogen-bond acceptors (Lipinski definition) is 7. The van der Waals surface area contributed by atoms with Crippen LogP contribution in [-0.4, -0.2) is 47.2 Å². The molecule has 1 saturated heterocycles. The number of amides is 1. The van der Waals surface area contributed by atoms with Crippen molar-refractivity contribution in [2.75, 3.05) is 26.2 Å². The molecule has 2 aliphatic rings. The number of rotatable bonds is 8. The second-order valence-electron chi connectivity index (χ2n) is 9.87. The normalized spacial score (nSPS) is 16.8. The molecule has 36 heavy (non-hydrogen) atoms. The molecule has 3 aromatic rings. The maximum absolute atomic E-state index is 12.5. The van der Waals surface area contributed by atoms with Crippen molar-refractivity contribution in [2.45, 2.75) is 45.6 Å². The quantitative estimate of drug-likeness (QED) is 0.468. The fraction of sp³-hybridized carbons (Fsp3) is 0.429. The first-order valence-corrected chi connectivity index (χ1v) is 13.5. The highest BCUT2D eigenvalue weighted by atomic mass is 32.1. The van der Waals surface area contributed by atoms with Gasteiger partial charge in [0.05, 0.1) is 18.7 Å². The van der Waals surface area contributed by atoms with Gasteiger partial charge in [0, 0.05) is 30.3 Å². The van der Waals surface area contributed by atoms with E-state index in [9.17, 15) is 10.1 Å². The summed E-state index contributed by atoms with van der Waals surface area (Å²) in [6.07, 6.45) is 4.13. The fourth-order valence-electron chi connectivity index (χ4n) is 4.94. The maximum Gasteiger partial charge on any atom is 0.236 e. The number of nitrogens with zero attached hydrogens (tertiary/aromatic N) is 4. The van der Waals surface area contributed by atoms with E-state index in [0.29, 0.717) is 30.4 Å². The van der Waals surface area contributed by atoms with Crippen LogP contribution < -0.4 is 10.1 Å². The van der Waals surface area contributed by atoms with Gasteiger partial charge in [-0.25, -0.2) is 0 Å². The number of benzene rings is 2. The molecule has 5 rings (SSSR count). The van der Waals surface area contributed by atoms with E-state index in [1.807, 2.05) is 23.1 Å². The van der Waals surface area contributed by atoms with Crippen LogP contribution in [0, 0.1) is 17.2 Å². The molecule has 0 bridgehead atoms. The first kappa shape index (κ1) is 24.4. The summed E-state index contributed by atoms with van der Waals surface area (Å²) in [5.41, 5.74) is 4.99. The molecular formula is C28H31N5O2S. The lowest BCUT2D eigenvalue weighted by Crippen LogP contribution is -2.37. The molecule has 8 heteroatoms. The van der Waals surface area contributed by atoms with Gasteiger partial charge in [0.15, 0.2) is 0 Å². The Balaban J connectivity index is 1.32. The molecule has 0 saturated carbocycles. The van der Waals surface area contributed by atoms with Crippen LogP contribution in [0.3, 0.4) is 0 Å². The van der Waals surface area contributed by atoms with E-state index in [-0.39, 0.29) is 11.9 Å². The third-order valence-electron chi connectivity index (χ3n) is 6.80. The van der Waals surface area contributed by atoms with E-state index < -0.39 is 0 Å². The summed E-state index contributed by atoms with van der Waals surface area (Å²) in [5.74, 6) is 1.18. The van der Waals surface area contributed by atoms with Gasteiger partial charge in [-0.05, 0) is 60.9 Å². The Kier molecular flexibility index (Phi) is 7.30. The molecule has 1 aliphatic carbocycles. The molecule has 1 fully saturated rings. The van der Waals surface area contributed by atoms with Crippen LogP contribution in [0.25, 0.3) is 21.1 Å². The third kappa shape index (κ3) is 5.13. The maximum atomic E-state index is 12.5. The molecule has 1 amide bonds. The van der Waals surface area contributed by atoms with Crippen molar-refractivity contribution in [1.82, 2.24) is 20.4 Å². The standard InChI is InChI=1S/C28H31N5O2S/c1-18(2)17-35-25-11-8-19(14-20(25)15-29)27-31-32-28(36-27)23-7-5-6-22-21(23)9-10-24(22)30-16-26(34)33-12-3-4-13-33/h5-8,11,14,18,24,30H,3-4,9-10,12-13,16-17H2,1-2H3/t24-/m0/s1. The van der Waals surface area contributed by atoms with Crippen LogP contribution in [0.1, 0.15) is 55.8 Å². The summed E-state index contributed by atoms with van der Waals surface area (Å²) in [5, 5.41) is 23.7. The Morgan fingerprint density at radius 1 is 1.22 bits per heavy atom. The fourth-order valence-corrected chi connectivity index (χ4v) is 5.83. The molecule has 1 aliphatic heterocycles. The minimum absolute atomic E-state index is 0.176. The molecule has 0 spiro atoms. The topological polar surface area (TPSA) is 91.1 Å². The lowest BCUT2D eigenvalue weighted by molar-refractivity contribution is -0.129. The van der Waals surface area contributed by atoms with Crippen molar-refractivity contribution in [2.24, 2.45) is 5.92 Å². The van der Waals surface area contributed by atoms with Crippen LogP contribution >= 0.6 is 11.3 Å². The molecule has 0 radical (unpaired) electrons. The number of ether oxygens (including phenoxy) is 1. The van der Waals surface area contributed by atoms with E-state index in [2.05, 4.69) is 53.6 Å². The van der Waals surface area contributed by atoms with E-state index in [1.54, 1.807) is 0 Å². The van der Waals surface area contributed by atoms with Crippen LogP contribution in [0.5, 0.6) is 5.75 Å². The molecular weight excluding hydrogens is 470 g/mol. The number of nitrogens with one attached hydrogen (secondary N) is 1. The summed E-state index contributed by atoms with van der Waals surface area (Å²) in [6, 6.07) is 14.3. The summed E-state index contributed by atoms with van der Waals surface area (Å²) < 4.78 is 5.79. The van der Waals surface area contributed by atoms with Crippen molar-refractivity contribution in [3.8, 4) is 33.0 Å². The smallest absolute Gasteiger partial charge is 0.236 e. The Morgan fingerprint density at radius 3 is 2.81 bits per heavy atom. The van der Waals surface area contributed by atoms with Crippen molar-refractivity contribution in [3.63, 3.8) is 0 Å². The van der Waals surface area contributed by atoms with E-state index in [4.69, 9.17) is 4.74 Å². The van der Waals surface area contributed by atoms with Gasteiger partial charge in [-0.2, -0.15) is 5.26 Å². The van der Waals surface area contributed by atoms with Crippen LogP contribution in [0.15, 0.2) is 36.4 Å². The number of nitriles is 1. The monoisotopic (exact) mass is 501 g/mol. The summed E-state index contributed by atoms with van der Waals surface area (Å²) >= 11 is 1.53. The molecule has 2 heterocycles. The molecule has 186 valence electrons. The van der Waals surface area contributed by atoms with E-state index in [1.165, 1.54) is 22.5 Å². The second kappa shape index (κ2) is 10.8. The zero-order chi connectivity index (χ0) is 25.1. The van der Waals surface area contributed by atoms with Gasteiger partial charge in [-0.15, -0.1) is 10.2 Å². The largest absolute Gasteiger partial charge is 0.492 e. The summed E-state index contributed by atoms with van der Waals surface area (Å²) in [6.45, 7) is 6.88. The highest BCUT2D eigenvalue weighted by Gasteiger charge is 2.27.